The highest BCUT2D eigenvalue weighted by atomic mass is 32.2. The highest BCUT2D eigenvalue weighted by molar-refractivity contribution is 8.23. The van der Waals surface area contributed by atoms with Gasteiger partial charge in [-0.15, -0.1) is 11.3 Å². The van der Waals surface area contributed by atoms with Crippen molar-refractivity contribution in [2.45, 2.75) is 48.1 Å². The van der Waals surface area contributed by atoms with E-state index in [1.165, 1.54) is 11.3 Å². The number of hydrogen-bond donors (Lipinski definition) is 3. The van der Waals surface area contributed by atoms with Gasteiger partial charge < -0.3 is 24.6 Å². The molecule has 7 rings (SSSR count). The fourth-order valence-corrected chi connectivity index (χ4v) is 11.4. The van der Waals surface area contributed by atoms with Gasteiger partial charge in [0.2, 0.25) is 10.1 Å². The van der Waals surface area contributed by atoms with Gasteiger partial charge >= 0.3 is 0 Å². The molecule has 46 heavy (non-hydrogen) atoms. The number of pyridine rings is 2. The summed E-state index contributed by atoms with van der Waals surface area (Å²) >= 11 is 1.51. The smallest absolute Gasteiger partial charge is 0.251 e. The highest BCUT2D eigenvalue weighted by Gasteiger charge is 2.28. The number of nitrogens with one attached hydrogen (secondary N) is 1. The predicted molar refractivity (Wildman–Crippen MR) is 197 cm³/mol. The summed E-state index contributed by atoms with van der Waals surface area (Å²) in [7, 11) is 0. The average molecular weight is 706 g/mol. The zero-order valence-electron chi connectivity index (χ0n) is 25.3. The summed E-state index contributed by atoms with van der Waals surface area (Å²) in [5, 5.41) is 6.91. The normalized spacial score (nSPS) is 14.2. The van der Waals surface area contributed by atoms with Crippen molar-refractivity contribution < 1.29 is 13.5 Å². The van der Waals surface area contributed by atoms with Gasteiger partial charge in [0.25, 0.3) is 4.32 Å². The molecule has 1 aliphatic rings. The molecule has 1 aliphatic heterocycles. The molecule has 2 atom stereocenters. The summed E-state index contributed by atoms with van der Waals surface area (Å²) < 4.78 is 33.7. The molecule has 0 fully saturated rings. The quantitative estimate of drug-likeness (QED) is 0.0776. The number of nitrogen functional groups attached to an aromatic ring is 1. The molecule has 5 aromatic heterocycles. The van der Waals surface area contributed by atoms with Crippen LogP contribution in [0.25, 0.3) is 54.8 Å². The van der Waals surface area contributed by atoms with Crippen LogP contribution in [0.2, 0.25) is 0 Å². The lowest BCUT2D eigenvalue weighted by Crippen LogP contribution is -2.22. The fraction of sp³-hybridized carbons (Fsp3) is 0.212. The zero-order valence-corrected chi connectivity index (χ0v) is 29.4. The van der Waals surface area contributed by atoms with E-state index in [2.05, 4.69) is 17.2 Å². The Labute approximate surface area is 284 Å². The Morgan fingerprint density at radius 2 is 1.87 bits per heavy atom. The Hall–Kier alpha value is -3.17. The number of hydrogen-bond acceptors (Lipinski definition) is 10. The van der Waals surface area contributed by atoms with Crippen molar-refractivity contribution in [3.63, 3.8) is 0 Å². The first kappa shape index (κ1) is 31.4. The molecular formula is C33H31N5O3S5. The standard InChI is InChI=1S/C33H31N5O3S5/c1-4-5-15-45(39)33-38-23-12-11-22(36-30(23)44-33)28-20(13-14-42-28)25-17-35-29(41-25)24-16-21(19-9-7-6-8-10-19)26-27(34)32(43-31(26)37-24)46(40)18(2)3/h6-14,16-18,38,44H,4-5,15,34H2,1-3H3. The van der Waals surface area contributed by atoms with Crippen molar-refractivity contribution in [1.82, 2.24) is 15.0 Å². The molecule has 0 radical (unpaired) electrons. The van der Waals surface area contributed by atoms with E-state index >= 15 is 0 Å². The van der Waals surface area contributed by atoms with Crippen LogP contribution in [0.1, 0.15) is 33.6 Å². The van der Waals surface area contributed by atoms with Crippen LogP contribution in [0.4, 0.5) is 11.4 Å². The van der Waals surface area contributed by atoms with Crippen LogP contribution < -0.4 is 11.1 Å². The average Bonchev–Trinajstić information content (AvgIpc) is 3.88. The monoisotopic (exact) mass is 705 g/mol. The van der Waals surface area contributed by atoms with Gasteiger partial charge in [-0.25, -0.2) is 15.0 Å². The highest BCUT2D eigenvalue weighted by Crippen LogP contribution is 2.45. The van der Waals surface area contributed by atoms with E-state index in [9.17, 15) is 9.11 Å². The van der Waals surface area contributed by atoms with Crippen LogP contribution in [0.5, 0.6) is 0 Å². The van der Waals surface area contributed by atoms with Crippen LogP contribution >= 0.6 is 34.0 Å². The van der Waals surface area contributed by atoms with E-state index in [0.29, 0.717) is 37.8 Å². The second-order valence-electron chi connectivity index (χ2n) is 11.0. The second-order valence-corrected chi connectivity index (χ2v) is 18.0. The number of aromatic nitrogens is 3. The molecule has 2 unspecified atom stereocenters. The van der Waals surface area contributed by atoms with Gasteiger partial charge in [-0.05, 0) is 61.0 Å². The minimum atomic E-state index is -1.25. The van der Waals surface area contributed by atoms with E-state index in [1.54, 1.807) is 17.5 Å². The molecule has 8 nitrogen and oxygen atoms in total. The minimum absolute atomic E-state index is 0.0741. The second kappa shape index (κ2) is 13.1. The van der Waals surface area contributed by atoms with Gasteiger partial charge in [0.15, 0.2) is 5.76 Å². The van der Waals surface area contributed by atoms with Crippen LogP contribution in [-0.2, 0) is 22.4 Å². The topological polar surface area (TPSA) is 136 Å². The Balaban J connectivity index is 1.25. The van der Waals surface area contributed by atoms with Gasteiger partial charge in [-0.1, -0.05) is 66.4 Å². The number of unbranched alkanes of at least 4 members (excludes halogenated alkanes) is 1. The number of nitrogens with two attached hydrogens (primary N) is 1. The number of thiol groups is 1. The lowest BCUT2D eigenvalue weighted by molar-refractivity contribution is 0.587. The van der Waals surface area contributed by atoms with Crippen LogP contribution in [0, 0.1) is 0 Å². The third-order valence-electron chi connectivity index (χ3n) is 7.47. The third-order valence-corrected chi connectivity index (χ3v) is 14.4. The molecule has 13 heteroatoms. The maximum Gasteiger partial charge on any atom is 0.251 e. The van der Waals surface area contributed by atoms with Crippen molar-refractivity contribution in [1.29, 1.82) is 0 Å². The molecule has 1 aromatic carbocycles. The number of nitrogens with zero attached hydrogens (tertiary/aromatic N) is 3. The van der Waals surface area contributed by atoms with Crippen molar-refractivity contribution in [3.05, 3.63) is 66.2 Å². The summed E-state index contributed by atoms with van der Waals surface area (Å²) in [4.78, 5) is 16.2. The Kier molecular flexibility index (Phi) is 8.98. The molecule has 0 saturated heterocycles. The molecular weight excluding hydrogens is 675 g/mol. The molecule has 3 N–H and O–H groups in total. The van der Waals surface area contributed by atoms with Gasteiger partial charge in [-0.2, -0.15) is 0 Å². The van der Waals surface area contributed by atoms with Gasteiger partial charge in [0.05, 0.1) is 22.5 Å². The Morgan fingerprint density at radius 1 is 1.04 bits per heavy atom. The molecule has 6 aromatic rings. The Bertz CT molecular complexity index is 2070. The molecule has 236 valence electrons. The summed E-state index contributed by atoms with van der Waals surface area (Å²) in [6.07, 6.45) is 3.66. The van der Waals surface area contributed by atoms with E-state index < -0.39 is 22.4 Å². The Morgan fingerprint density at radius 3 is 2.65 bits per heavy atom. The molecule has 0 aliphatic carbocycles. The summed E-state index contributed by atoms with van der Waals surface area (Å²) in [6.45, 7) is 5.95. The first-order valence-electron chi connectivity index (χ1n) is 14.8. The van der Waals surface area contributed by atoms with E-state index in [0.717, 1.165) is 71.9 Å². The number of benzene rings is 1. The van der Waals surface area contributed by atoms with E-state index in [4.69, 9.17) is 20.1 Å². The molecule has 0 spiro atoms. The van der Waals surface area contributed by atoms with E-state index in [-0.39, 0.29) is 5.25 Å². The van der Waals surface area contributed by atoms with Crippen LogP contribution in [0.3, 0.4) is 0 Å². The van der Waals surface area contributed by atoms with E-state index in [1.807, 2.05) is 73.8 Å². The lowest BCUT2D eigenvalue weighted by Gasteiger charge is -2.12. The lowest BCUT2D eigenvalue weighted by atomic mass is 10.0. The summed E-state index contributed by atoms with van der Waals surface area (Å²) in [5.41, 5.74) is 12.2. The fourth-order valence-electron chi connectivity index (χ4n) is 5.11. The predicted octanol–water partition coefficient (Wildman–Crippen LogP) is 8.39. The zero-order chi connectivity index (χ0) is 31.9. The maximum absolute atomic E-state index is 13.1. The molecule has 6 heterocycles. The molecule has 0 saturated carbocycles. The number of thiophene rings is 2. The number of anilines is 2. The first-order chi connectivity index (χ1) is 22.3. The van der Waals surface area contributed by atoms with Crippen molar-refractivity contribution in [3.8, 4) is 44.6 Å². The summed E-state index contributed by atoms with van der Waals surface area (Å²) in [5.74, 6) is 1.64. The van der Waals surface area contributed by atoms with Gasteiger partial charge in [0, 0.05) is 33.3 Å². The largest absolute Gasteiger partial charge is 0.611 e. The SMILES string of the molecule is CCCC[S+]([O-])C1=[SH]c2nc(-c3sccc3-c3cnc(-c4cc(-c5ccccc5)c5c(N)c([S+]([O-])C(C)C)sc5n4)o3)ccc2N1. The van der Waals surface area contributed by atoms with Crippen molar-refractivity contribution in [2.75, 3.05) is 16.8 Å². The van der Waals surface area contributed by atoms with Crippen molar-refractivity contribution in [2.24, 2.45) is 0 Å². The number of fused-ring (bicyclic) bond motifs is 2. The maximum atomic E-state index is 13.1. The van der Waals surface area contributed by atoms with Crippen LogP contribution in [-0.4, -0.2) is 39.4 Å². The van der Waals surface area contributed by atoms with Crippen molar-refractivity contribution >= 4 is 82.3 Å². The summed E-state index contributed by atoms with van der Waals surface area (Å²) in [6, 6.07) is 17.9. The molecule has 0 bridgehead atoms. The van der Waals surface area contributed by atoms with Gasteiger partial charge in [-0.3, -0.25) is 0 Å². The first-order valence-corrected chi connectivity index (χ1v) is 19.9. The number of rotatable bonds is 9. The molecule has 0 amide bonds. The minimum Gasteiger partial charge on any atom is -0.611 e. The van der Waals surface area contributed by atoms with Gasteiger partial charge in [0.1, 0.15) is 32.2 Å². The van der Waals surface area contributed by atoms with Crippen LogP contribution in [0.15, 0.2) is 79.8 Å². The number of oxazole rings is 1. The third kappa shape index (κ3) is 5.89.